The Bertz CT molecular complexity index is 697. The number of nitrogens with zero attached hydrogens (tertiary/aromatic N) is 1. The number of nitrogen functional groups attached to an aromatic ring is 1. The number of benzene rings is 2. The number of nitriles is 1. The fourth-order valence-corrected chi connectivity index (χ4v) is 1.82. The van der Waals surface area contributed by atoms with Gasteiger partial charge >= 0.3 is 0 Å². The van der Waals surface area contributed by atoms with Gasteiger partial charge in [0.1, 0.15) is 0 Å². The fraction of sp³-hybridized carbons (Fsp3) is 0.0588. The van der Waals surface area contributed by atoms with E-state index in [2.05, 4.69) is 11.4 Å². The molecule has 0 bridgehead atoms. The Kier molecular flexibility index (Phi) is 4.73. The Hall–Kier alpha value is -3.06. The summed E-state index contributed by atoms with van der Waals surface area (Å²) in [7, 11) is 0. The van der Waals surface area contributed by atoms with Crippen LogP contribution in [-0.4, -0.2) is 5.91 Å². The molecule has 3 N–H and O–H groups in total. The van der Waals surface area contributed by atoms with Crippen molar-refractivity contribution >= 4 is 23.4 Å². The molecule has 0 aromatic heterocycles. The standard InChI is InChI=1S/C17H15N3O/c18-11-10-13-4-7-16(8-5-13)20-17(21)9-6-14-2-1-3-15(19)12-14/h1-9,12H,10,19H2,(H,20,21)/b9-6+. The lowest BCUT2D eigenvalue weighted by molar-refractivity contribution is -0.111. The molecule has 0 spiro atoms. The van der Waals surface area contributed by atoms with Crippen LogP contribution in [0.5, 0.6) is 0 Å². The van der Waals surface area contributed by atoms with Crippen LogP contribution in [0.1, 0.15) is 11.1 Å². The molecule has 0 unspecified atom stereocenters. The predicted octanol–water partition coefficient (Wildman–Crippen LogP) is 2.99. The Morgan fingerprint density at radius 3 is 2.67 bits per heavy atom. The van der Waals surface area contributed by atoms with Crippen molar-refractivity contribution < 1.29 is 4.79 Å². The Balaban J connectivity index is 1.97. The lowest BCUT2D eigenvalue weighted by Crippen LogP contribution is -2.07. The molecule has 1 amide bonds. The van der Waals surface area contributed by atoms with E-state index in [1.165, 1.54) is 6.08 Å². The molecule has 4 nitrogen and oxygen atoms in total. The average Bonchev–Trinajstić information content (AvgIpc) is 2.48. The number of amides is 1. The van der Waals surface area contributed by atoms with Crippen molar-refractivity contribution in [2.24, 2.45) is 0 Å². The van der Waals surface area contributed by atoms with Gasteiger partial charge in [-0.05, 0) is 41.5 Å². The van der Waals surface area contributed by atoms with Crippen LogP contribution in [0.15, 0.2) is 54.6 Å². The molecule has 2 aromatic carbocycles. The molecule has 0 atom stereocenters. The zero-order valence-corrected chi connectivity index (χ0v) is 11.4. The first-order chi connectivity index (χ1) is 10.2. The zero-order chi connectivity index (χ0) is 15.1. The summed E-state index contributed by atoms with van der Waals surface area (Å²) in [5.74, 6) is -0.217. The van der Waals surface area contributed by atoms with Crippen molar-refractivity contribution in [2.45, 2.75) is 6.42 Å². The topological polar surface area (TPSA) is 78.9 Å². The molecule has 0 aliphatic heterocycles. The van der Waals surface area contributed by atoms with E-state index in [4.69, 9.17) is 11.0 Å². The smallest absolute Gasteiger partial charge is 0.248 e. The molecule has 0 fully saturated rings. The Morgan fingerprint density at radius 2 is 2.00 bits per heavy atom. The van der Waals surface area contributed by atoms with Crippen LogP contribution in [-0.2, 0) is 11.2 Å². The number of anilines is 2. The molecular formula is C17H15N3O. The van der Waals surface area contributed by atoms with Crippen LogP contribution in [0.4, 0.5) is 11.4 Å². The summed E-state index contributed by atoms with van der Waals surface area (Å²) < 4.78 is 0. The summed E-state index contributed by atoms with van der Waals surface area (Å²) in [6, 6.07) is 16.6. The molecule has 0 radical (unpaired) electrons. The average molecular weight is 277 g/mol. The third kappa shape index (κ3) is 4.51. The van der Waals surface area contributed by atoms with Gasteiger partial charge in [0, 0.05) is 17.5 Å². The van der Waals surface area contributed by atoms with Crippen LogP contribution in [0, 0.1) is 11.3 Å². The van der Waals surface area contributed by atoms with Crippen molar-refractivity contribution in [1.29, 1.82) is 5.26 Å². The first-order valence-electron chi connectivity index (χ1n) is 6.48. The highest BCUT2D eigenvalue weighted by Gasteiger charge is 1.98. The van der Waals surface area contributed by atoms with Gasteiger partial charge in [-0.1, -0.05) is 24.3 Å². The lowest BCUT2D eigenvalue weighted by Gasteiger charge is -2.03. The molecule has 0 aliphatic rings. The summed E-state index contributed by atoms with van der Waals surface area (Å²) >= 11 is 0. The summed E-state index contributed by atoms with van der Waals surface area (Å²) in [4.78, 5) is 11.8. The highest BCUT2D eigenvalue weighted by Crippen LogP contribution is 2.11. The van der Waals surface area contributed by atoms with Gasteiger partial charge in [-0.3, -0.25) is 4.79 Å². The van der Waals surface area contributed by atoms with Crippen molar-refractivity contribution in [3.63, 3.8) is 0 Å². The van der Waals surface area contributed by atoms with E-state index in [0.29, 0.717) is 17.8 Å². The summed E-state index contributed by atoms with van der Waals surface area (Å²) in [6.45, 7) is 0. The van der Waals surface area contributed by atoms with Crippen LogP contribution in [0.3, 0.4) is 0 Å². The number of nitrogens with two attached hydrogens (primary N) is 1. The van der Waals surface area contributed by atoms with Gasteiger partial charge in [0.2, 0.25) is 5.91 Å². The van der Waals surface area contributed by atoms with E-state index in [1.54, 1.807) is 30.3 Å². The highest BCUT2D eigenvalue weighted by atomic mass is 16.1. The summed E-state index contributed by atoms with van der Waals surface area (Å²) in [5.41, 5.74) is 8.81. The molecule has 2 aromatic rings. The van der Waals surface area contributed by atoms with E-state index in [9.17, 15) is 4.79 Å². The minimum Gasteiger partial charge on any atom is -0.399 e. The maximum absolute atomic E-state index is 11.8. The maximum atomic E-state index is 11.8. The first-order valence-corrected chi connectivity index (χ1v) is 6.48. The van der Waals surface area contributed by atoms with Crippen molar-refractivity contribution in [3.8, 4) is 6.07 Å². The predicted molar refractivity (Wildman–Crippen MR) is 84.3 cm³/mol. The molecule has 0 saturated heterocycles. The number of hydrogen-bond acceptors (Lipinski definition) is 3. The monoisotopic (exact) mass is 277 g/mol. The van der Waals surface area contributed by atoms with E-state index >= 15 is 0 Å². The summed E-state index contributed by atoms with van der Waals surface area (Å²) in [5, 5.41) is 11.4. The fourth-order valence-electron chi connectivity index (χ4n) is 1.82. The van der Waals surface area contributed by atoms with Crippen LogP contribution < -0.4 is 11.1 Å². The van der Waals surface area contributed by atoms with Crippen molar-refractivity contribution in [3.05, 3.63) is 65.7 Å². The van der Waals surface area contributed by atoms with Crippen LogP contribution >= 0.6 is 0 Å². The van der Waals surface area contributed by atoms with Gasteiger partial charge < -0.3 is 11.1 Å². The van der Waals surface area contributed by atoms with E-state index < -0.39 is 0 Å². The third-order valence-electron chi connectivity index (χ3n) is 2.84. The molecule has 104 valence electrons. The van der Waals surface area contributed by atoms with Gasteiger partial charge in [0.15, 0.2) is 0 Å². The van der Waals surface area contributed by atoms with E-state index in [-0.39, 0.29) is 5.91 Å². The van der Waals surface area contributed by atoms with Crippen molar-refractivity contribution in [1.82, 2.24) is 0 Å². The van der Waals surface area contributed by atoms with Crippen molar-refractivity contribution in [2.75, 3.05) is 11.1 Å². The van der Waals surface area contributed by atoms with Crippen LogP contribution in [0.2, 0.25) is 0 Å². The lowest BCUT2D eigenvalue weighted by atomic mass is 10.1. The second-order valence-corrected chi connectivity index (χ2v) is 4.52. The molecule has 4 heteroatoms. The van der Waals surface area contributed by atoms with Crippen LogP contribution in [0.25, 0.3) is 6.08 Å². The SMILES string of the molecule is N#CCc1ccc(NC(=O)/C=C/c2cccc(N)c2)cc1. The largest absolute Gasteiger partial charge is 0.399 e. The van der Waals surface area contributed by atoms with Gasteiger partial charge in [-0.25, -0.2) is 0 Å². The third-order valence-corrected chi connectivity index (χ3v) is 2.84. The molecule has 21 heavy (non-hydrogen) atoms. The highest BCUT2D eigenvalue weighted by molar-refractivity contribution is 6.01. The quantitative estimate of drug-likeness (QED) is 0.666. The summed E-state index contributed by atoms with van der Waals surface area (Å²) in [6.07, 6.45) is 3.53. The second kappa shape index (κ2) is 6.92. The van der Waals surface area contributed by atoms with Gasteiger partial charge in [-0.2, -0.15) is 5.26 Å². The second-order valence-electron chi connectivity index (χ2n) is 4.52. The van der Waals surface area contributed by atoms with Gasteiger partial charge in [0.25, 0.3) is 0 Å². The zero-order valence-electron chi connectivity index (χ0n) is 11.4. The molecule has 0 aliphatic carbocycles. The van der Waals surface area contributed by atoms with Gasteiger partial charge in [-0.15, -0.1) is 0 Å². The number of hydrogen-bond donors (Lipinski definition) is 2. The van der Waals surface area contributed by atoms with E-state index in [1.807, 2.05) is 24.3 Å². The minimum absolute atomic E-state index is 0.217. The van der Waals surface area contributed by atoms with Gasteiger partial charge in [0.05, 0.1) is 12.5 Å². The molecule has 0 heterocycles. The molecular weight excluding hydrogens is 262 g/mol. The number of nitrogens with one attached hydrogen (secondary N) is 1. The van der Waals surface area contributed by atoms with E-state index in [0.717, 1.165) is 11.1 Å². The first kappa shape index (κ1) is 14.4. The maximum Gasteiger partial charge on any atom is 0.248 e. The Morgan fingerprint density at radius 1 is 1.24 bits per heavy atom. The molecule has 2 rings (SSSR count). The number of rotatable bonds is 4. The number of carbonyl (C=O) groups is 1. The Labute approximate surface area is 123 Å². The normalized spacial score (nSPS) is 10.2. The number of carbonyl (C=O) groups excluding carboxylic acids is 1. The molecule has 0 saturated carbocycles. The minimum atomic E-state index is -0.217.